The molecule has 0 bridgehead atoms. The number of aryl methyl sites for hydroxylation is 1. The zero-order valence-electron chi connectivity index (χ0n) is 13.5. The number of ether oxygens (including phenoxy) is 1. The van der Waals surface area contributed by atoms with Crippen LogP contribution in [0, 0.1) is 12.3 Å². The lowest BCUT2D eigenvalue weighted by molar-refractivity contribution is 0.232. The molecule has 0 fully saturated rings. The minimum atomic E-state index is 0.189. The molecule has 0 aromatic heterocycles. The zero-order valence-corrected chi connectivity index (χ0v) is 13.5. The fraction of sp³-hybridized carbons (Fsp3) is 0.647. The average Bonchev–Trinajstić information content (AvgIpc) is 2.42. The highest BCUT2D eigenvalue weighted by Gasteiger charge is 2.19. The lowest BCUT2D eigenvalue weighted by Crippen LogP contribution is -2.31. The second-order valence-corrected chi connectivity index (χ2v) is 6.34. The molecule has 0 aliphatic rings. The Balaban J connectivity index is 2.67. The van der Waals surface area contributed by atoms with Crippen LogP contribution < -0.4 is 10.1 Å². The first-order chi connectivity index (χ1) is 9.39. The number of benzene rings is 1. The Morgan fingerprint density at radius 2 is 2.05 bits per heavy atom. The lowest BCUT2D eigenvalue weighted by Gasteiger charge is -2.28. The van der Waals surface area contributed by atoms with Gasteiger partial charge in [-0.3, -0.25) is 0 Å². The van der Waals surface area contributed by atoms with Crippen molar-refractivity contribution < 1.29 is 9.84 Å². The van der Waals surface area contributed by atoms with Crippen LogP contribution in [0.4, 0.5) is 0 Å². The number of hydrogen-bond donors (Lipinski definition) is 2. The highest BCUT2D eigenvalue weighted by Crippen LogP contribution is 2.28. The summed E-state index contributed by atoms with van der Waals surface area (Å²) in [6, 6.07) is 6.52. The van der Waals surface area contributed by atoms with Gasteiger partial charge in [0.05, 0.1) is 7.11 Å². The van der Waals surface area contributed by atoms with Crippen LogP contribution in [-0.4, -0.2) is 25.4 Å². The van der Waals surface area contributed by atoms with E-state index >= 15 is 0 Å². The number of aliphatic hydroxyl groups excluding tert-OH is 1. The molecule has 20 heavy (non-hydrogen) atoms. The van der Waals surface area contributed by atoms with Crippen LogP contribution in [0.2, 0.25) is 0 Å². The van der Waals surface area contributed by atoms with Crippen LogP contribution in [0.3, 0.4) is 0 Å². The van der Waals surface area contributed by atoms with Crippen LogP contribution in [0.1, 0.15) is 50.8 Å². The van der Waals surface area contributed by atoms with E-state index in [0.717, 1.165) is 25.1 Å². The minimum absolute atomic E-state index is 0.189. The fourth-order valence-electron chi connectivity index (χ4n) is 2.38. The molecule has 114 valence electrons. The molecule has 0 saturated carbocycles. The maximum absolute atomic E-state index is 8.95. The normalized spacial score (nSPS) is 13.3. The molecule has 0 spiro atoms. The zero-order chi connectivity index (χ0) is 15.2. The molecule has 0 amide bonds. The Kier molecular flexibility index (Phi) is 6.50. The predicted octanol–water partition coefficient (Wildman–Crippen LogP) is 3.45. The van der Waals surface area contributed by atoms with E-state index in [4.69, 9.17) is 9.84 Å². The summed E-state index contributed by atoms with van der Waals surface area (Å²) in [6.07, 6.45) is 1.88. The van der Waals surface area contributed by atoms with Crippen molar-refractivity contribution in [3.05, 3.63) is 29.3 Å². The third kappa shape index (κ3) is 5.14. The number of rotatable bonds is 8. The molecule has 3 nitrogen and oxygen atoms in total. The van der Waals surface area contributed by atoms with Gasteiger partial charge < -0.3 is 15.2 Å². The van der Waals surface area contributed by atoms with E-state index in [0.29, 0.717) is 0 Å². The molecule has 1 rings (SSSR count). The van der Waals surface area contributed by atoms with E-state index in [2.05, 4.69) is 45.1 Å². The largest absolute Gasteiger partial charge is 0.496 e. The summed E-state index contributed by atoms with van der Waals surface area (Å²) in [5, 5.41) is 12.5. The van der Waals surface area contributed by atoms with Crippen molar-refractivity contribution in [1.82, 2.24) is 5.32 Å². The van der Waals surface area contributed by atoms with Crippen molar-refractivity contribution in [2.45, 2.75) is 46.6 Å². The highest BCUT2D eigenvalue weighted by atomic mass is 16.5. The van der Waals surface area contributed by atoms with Gasteiger partial charge in [0.2, 0.25) is 0 Å². The minimum Gasteiger partial charge on any atom is -0.496 e. The number of nitrogens with one attached hydrogen (secondary N) is 1. The topological polar surface area (TPSA) is 41.5 Å². The van der Waals surface area contributed by atoms with Crippen LogP contribution in [0.15, 0.2) is 18.2 Å². The van der Waals surface area contributed by atoms with Gasteiger partial charge in [0.1, 0.15) is 5.75 Å². The predicted molar refractivity (Wildman–Crippen MR) is 84.2 cm³/mol. The number of hydrogen-bond acceptors (Lipinski definition) is 3. The van der Waals surface area contributed by atoms with E-state index < -0.39 is 0 Å². The molecule has 0 heterocycles. The monoisotopic (exact) mass is 279 g/mol. The van der Waals surface area contributed by atoms with Crippen molar-refractivity contribution in [2.75, 3.05) is 20.3 Å². The van der Waals surface area contributed by atoms with Crippen molar-refractivity contribution in [2.24, 2.45) is 5.41 Å². The summed E-state index contributed by atoms with van der Waals surface area (Å²) in [5.74, 6) is 0.934. The van der Waals surface area contributed by atoms with Gasteiger partial charge >= 0.3 is 0 Å². The summed E-state index contributed by atoms with van der Waals surface area (Å²) < 4.78 is 5.45. The molecule has 1 aromatic rings. The lowest BCUT2D eigenvalue weighted by atomic mass is 9.87. The van der Waals surface area contributed by atoms with Crippen molar-refractivity contribution in [1.29, 1.82) is 0 Å². The molecule has 1 unspecified atom stereocenters. The van der Waals surface area contributed by atoms with Gasteiger partial charge in [-0.05, 0) is 38.2 Å². The Hall–Kier alpha value is -1.06. The summed E-state index contributed by atoms with van der Waals surface area (Å²) in [5.41, 5.74) is 2.63. The van der Waals surface area contributed by atoms with E-state index in [1.807, 2.05) is 6.07 Å². The van der Waals surface area contributed by atoms with Crippen LogP contribution >= 0.6 is 0 Å². The number of methoxy groups -OCH3 is 1. The van der Waals surface area contributed by atoms with Crippen molar-refractivity contribution >= 4 is 0 Å². The van der Waals surface area contributed by atoms with Gasteiger partial charge in [0, 0.05) is 24.8 Å². The van der Waals surface area contributed by atoms with Gasteiger partial charge in [-0.15, -0.1) is 0 Å². The first kappa shape index (κ1) is 17.0. The smallest absolute Gasteiger partial charge is 0.123 e. The van der Waals surface area contributed by atoms with E-state index in [1.165, 1.54) is 11.1 Å². The summed E-state index contributed by atoms with van der Waals surface area (Å²) in [7, 11) is 1.71. The van der Waals surface area contributed by atoms with Gasteiger partial charge in [0.15, 0.2) is 0 Å². The third-order valence-electron chi connectivity index (χ3n) is 3.75. The maximum Gasteiger partial charge on any atom is 0.123 e. The van der Waals surface area contributed by atoms with E-state index in [-0.39, 0.29) is 18.1 Å². The van der Waals surface area contributed by atoms with Crippen molar-refractivity contribution in [3.63, 3.8) is 0 Å². The second-order valence-electron chi connectivity index (χ2n) is 6.34. The standard InChI is InChI=1S/C17H29NO2/c1-13-7-8-16(20-5)15(11-13)14(2)18-12-17(3,4)9-6-10-19/h7-8,11,14,18-19H,6,9-10,12H2,1-5H3. The quantitative estimate of drug-likeness (QED) is 0.766. The molecule has 0 saturated heterocycles. The fourth-order valence-corrected chi connectivity index (χ4v) is 2.38. The van der Waals surface area contributed by atoms with Gasteiger partial charge in [-0.2, -0.15) is 0 Å². The Labute approximate surface area is 123 Å². The molecular weight excluding hydrogens is 250 g/mol. The first-order valence-corrected chi connectivity index (χ1v) is 7.38. The molecule has 1 atom stereocenters. The molecule has 0 radical (unpaired) electrons. The summed E-state index contributed by atoms with van der Waals surface area (Å²) >= 11 is 0. The molecule has 1 aromatic carbocycles. The average molecular weight is 279 g/mol. The summed E-state index contributed by atoms with van der Waals surface area (Å²) in [6.45, 7) is 9.92. The van der Waals surface area contributed by atoms with E-state index in [9.17, 15) is 0 Å². The first-order valence-electron chi connectivity index (χ1n) is 7.38. The van der Waals surface area contributed by atoms with E-state index in [1.54, 1.807) is 7.11 Å². The Morgan fingerprint density at radius 1 is 1.35 bits per heavy atom. The molecule has 0 aliphatic carbocycles. The summed E-state index contributed by atoms with van der Waals surface area (Å²) in [4.78, 5) is 0. The molecular formula is C17H29NO2. The molecule has 3 heteroatoms. The number of aliphatic hydroxyl groups is 1. The highest BCUT2D eigenvalue weighted by molar-refractivity contribution is 5.38. The second kappa shape index (κ2) is 7.65. The molecule has 2 N–H and O–H groups in total. The van der Waals surface area contributed by atoms with Crippen LogP contribution in [0.25, 0.3) is 0 Å². The Bertz CT molecular complexity index is 415. The SMILES string of the molecule is COc1ccc(C)cc1C(C)NCC(C)(C)CCCO. The Morgan fingerprint density at radius 3 is 2.65 bits per heavy atom. The van der Waals surface area contributed by atoms with Gasteiger partial charge in [-0.1, -0.05) is 31.5 Å². The van der Waals surface area contributed by atoms with Crippen molar-refractivity contribution in [3.8, 4) is 5.75 Å². The van der Waals surface area contributed by atoms with Crippen LogP contribution in [0.5, 0.6) is 5.75 Å². The third-order valence-corrected chi connectivity index (χ3v) is 3.75. The molecule has 0 aliphatic heterocycles. The maximum atomic E-state index is 8.95. The van der Waals surface area contributed by atoms with Gasteiger partial charge in [-0.25, -0.2) is 0 Å². The van der Waals surface area contributed by atoms with Gasteiger partial charge in [0.25, 0.3) is 0 Å². The van der Waals surface area contributed by atoms with Crippen LogP contribution in [-0.2, 0) is 0 Å².